The first-order valence-corrected chi connectivity index (χ1v) is 9.40. The number of morpholine rings is 1. The van der Waals surface area contributed by atoms with Gasteiger partial charge in [-0.15, -0.1) is 0 Å². The third kappa shape index (κ3) is 3.85. The van der Waals surface area contributed by atoms with E-state index >= 15 is 0 Å². The number of carbonyl (C=O) groups excluding carboxylic acids is 3. The largest absolute Gasteiger partial charge is 0.389 e. The van der Waals surface area contributed by atoms with Crippen LogP contribution in [0.1, 0.15) is 20.7 Å². The number of anilines is 2. The van der Waals surface area contributed by atoms with E-state index < -0.39 is 6.10 Å². The highest BCUT2D eigenvalue weighted by Crippen LogP contribution is 2.23. The maximum absolute atomic E-state index is 12.4. The smallest absolute Gasteiger partial charge is 0.261 e. The molecule has 0 spiro atoms. The molecule has 1 saturated heterocycles. The van der Waals surface area contributed by atoms with Crippen molar-refractivity contribution >= 4 is 29.1 Å². The molecule has 0 radical (unpaired) electrons. The molecular formula is C21H21N3O5. The van der Waals surface area contributed by atoms with Gasteiger partial charge in [-0.3, -0.25) is 19.3 Å². The molecule has 1 atom stereocenters. The minimum absolute atomic E-state index is 0.0756. The van der Waals surface area contributed by atoms with Gasteiger partial charge in [0.25, 0.3) is 17.7 Å². The van der Waals surface area contributed by atoms with E-state index in [1.165, 1.54) is 0 Å². The molecule has 0 aliphatic carbocycles. The van der Waals surface area contributed by atoms with E-state index in [-0.39, 0.29) is 37.4 Å². The fraction of sp³-hybridized carbons (Fsp3) is 0.286. The molecule has 8 nitrogen and oxygen atoms in total. The van der Waals surface area contributed by atoms with Crippen LogP contribution in [0.15, 0.2) is 48.5 Å². The third-order valence-electron chi connectivity index (χ3n) is 4.98. The number of fused-ring (bicyclic) bond motifs is 1. The second-order valence-electron chi connectivity index (χ2n) is 6.95. The van der Waals surface area contributed by atoms with Gasteiger partial charge in [-0.1, -0.05) is 12.1 Å². The van der Waals surface area contributed by atoms with Gasteiger partial charge in [-0.2, -0.15) is 0 Å². The molecule has 2 aliphatic rings. The molecule has 2 aromatic carbocycles. The molecule has 150 valence electrons. The lowest BCUT2D eigenvalue weighted by atomic mass is 10.1. The number of ether oxygens (including phenoxy) is 1. The van der Waals surface area contributed by atoms with E-state index in [1.807, 2.05) is 24.3 Å². The summed E-state index contributed by atoms with van der Waals surface area (Å²) in [6.07, 6.45) is -0.919. The van der Waals surface area contributed by atoms with Crippen molar-refractivity contribution in [1.29, 1.82) is 0 Å². The minimum Gasteiger partial charge on any atom is -0.389 e. The first-order valence-electron chi connectivity index (χ1n) is 9.40. The number of aliphatic hydroxyl groups is 1. The van der Waals surface area contributed by atoms with Gasteiger partial charge in [0, 0.05) is 24.5 Å². The number of hydrogen-bond donors (Lipinski definition) is 2. The van der Waals surface area contributed by atoms with Gasteiger partial charge < -0.3 is 20.1 Å². The van der Waals surface area contributed by atoms with Gasteiger partial charge in [0.05, 0.1) is 30.4 Å². The quantitative estimate of drug-likeness (QED) is 0.711. The molecule has 2 aliphatic heterocycles. The fourth-order valence-electron chi connectivity index (χ4n) is 3.47. The Morgan fingerprint density at radius 3 is 2.28 bits per heavy atom. The standard InChI is InChI=1S/C21H21N3O5/c25-16(12-24-20(27)17-3-1-2-4-18(17)21(24)28)11-22-14-5-7-15(8-6-14)23-9-10-29-13-19(23)26/h1-8,16,22,25H,9-13H2. The van der Waals surface area contributed by atoms with Crippen LogP contribution in [-0.4, -0.2) is 66.7 Å². The molecule has 1 fully saturated rings. The van der Waals surface area contributed by atoms with Crippen LogP contribution in [0.4, 0.5) is 11.4 Å². The zero-order valence-corrected chi connectivity index (χ0v) is 15.7. The van der Waals surface area contributed by atoms with Crippen molar-refractivity contribution in [3.63, 3.8) is 0 Å². The monoisotopic (exact) mass is 395 g/mol. The summed E-state index contributed by atoms with van der Waals surface area (Å²) in [5, 5.41) is 13.4. The molecule has 1 unspecified atom stereocenters. The molecule has 4 rings (SSSR count). The number of hydrogen-bond acceptors (Lipinski definition) is 6. The van der Waals surface area contributed by atoms with Crippen LogP contribution >= 0.6 is 0 Å². The first-order chi connectivity index (χ1) is 14.0. The molecule has 2 aromatic rings. The number of benzene rings is 2. The lowest BCUT2D eigenvalue weighted by Crippen LogP contribution is -2.41. The summed E-state index contributed by atoms with van der Waals surface area (Å²) in [5.41, 5.74) is 2.28. The van der Waals surface area contributed by atoms with Crippen LogP contribution in [0.2, 0.25) is 0 Å². The van der Waals surface area contributed by atoms with E-state index in [9.17, 15) is 19.5 Å². The summed E-state index contributed by atoms with van der Waals surface area (Å²) in [5.74, 6) is -0.846. The summed E-state index contributed by atoms with van der Waals surface area (Å²) in [7, 11) is 0. The van der Waals surface area contributed by atoms with E-state index in [4.69, 9.17) is 4.74 Å². The van der Waals surface area contributed by atoms with E-state index in [0.29, 0.717) is 24.3 Å². The van der Waals surface area contributed by atoms with Crippen molar-refractivity contribution in [2.24, 2.45) is 0 Å². The average molecular weight is 395 g/mol. The van der Waals surface area contributed by atoms with Crippen LogP contribution in [-0.2, 0) is 9.53 Å². The van der Waals surface area contributed by atoms with E-state index in [2.05, 4.69) is 5.32 Å². The minimum atomic E-state index is -0.919. The molecule has 0 bridgehead atoms. The van der Waals surface area contributed by atoms with Crippen molar-refractivity contribution in [2.75, 3.05) is 43.1 Å². The Labute approximate surface area is 167 Å². The Bertz CT molecular complexity index is 909. The van der Waals surface area contributed by atoms with Crippen molar-refractivity contribution in [1.82, 2.24) is 4.90 Å². The van der Waals surface area contributed by atoms with Crippen LogP contribution < -0.4 is 10.2 Å². The predicted molar refractivity (Wildman–Crippen MR) is 106 cm³/mol. The number of nitrogens with zero attached hydrogens (tertiary/aromatic N) is 2. The molecule has 3 amide bonds. The topological polar surface area (TPSA) is 99.2 Å². The van der Waals surface area contributed by atoms with Gasteiger partial charge in [0.2, 0.25) is 0 Å². The molecule has 0 saturated carbocycles. The zero-order valence-electron chi connectivity index (χ0n) is 15.7. The Balaban J connectivity index is 1.32. The molecule has 2 N–H and O–H groups in total. The van der Waals surface area contributed by atoms with Crippen molar-refractivity contribution < 1.29 is 24.2 Å². The highest BCUT2D eigenvalue weighted by Gasteiger charge is 2.36. The van der Waals surface area contributed by atoms with Crippen molar-refractivity contribution in [2.45, 2.75) is 6.10 Å². The van der Waals surface area contributed by atoms with Crippen molar-refractivity contribution in [3.8, 4) is 0 Å². The van der Waals surface area contributed by atoms with Crippen LogP contribution in [0.5, 0.6) is 0 Å². The first kappa shape index (κ1) is 19.1. The van der Waals surface area contributed by atoms with Gasteiger partial charge in [0.1, 0.15) is 6.61 Å². The van der Waals surface area contributed by atoms with Crippen LogP contribution in [0.25, 0.3) is 0 Å². The zero-order chi connectivity index (χ0) is 20.4. The van der Waals surface area contributed by atoms with Crippen molar-refractivity contribution in [3.05, 3.63) is 59.7 Å². The van der Waals surface area contributed by atoms with Gasteiger partial charge >= 0.3 is 0 Å². The maximum Gasteiger partial charge on any atom is 0.261 e. The predicted octanol–water partition coefficient (Wildman–Crippen LogP) is 1.12. The van der Waals surface area contributed by atoms with E-state index in [0.717, 1.165) is 16.3 Å². The molecule has 8 heteroatoms. The molecular weight excluding hydrogens is 374 g/mol. The number of β-amino-alcohol motifs (C(OH)–C–C–N with tert-alkyl or cyclic N) is 1. The van der Waals surface area contributed by atoms with Crippen LogP contribution in [0, 0.1) is 0 Å². The lowest BCUT2D eigenvalue weighted by Gasteiger charge is -2.27. The summed E-state index contributed by atoms with van der Waals surface area (Å²) < 4.78 is 5.13. The number of imide groups is 1. The average Bonchev–Trinajstić information content (AvgIpc) is 2.98. The Hall–Kier alpha value is -3.23. The maximum atomic E-state index is 12.4. The molecule has 2 heterocycles. The highest BCUT2D eigenvalue weighted by molar-refractivity contribution is 6.21. The Kier molecular flexibility index (Phi) is 5.28. The third-order valence-corrected chi connectivity index (χ3v) is 4.98. The van der Waals surface area contributed by atoms with Gasteiger partial charge in [0.15, 0.2) is 0 Å². The highest BCUT2D eigenvalue weighted by atomic mass is 16.5. The van der Waals surface area contributed by atoms with Gasteiger partial charge in [-0.05, 0) is 36.4 Å². The number of aliphatic hydroxyl groups excluding tert-OH is 1. The fourth-order valence-corrected chi connectivity index (χ4v) is 3.47. The second kappa shape index (κ2) is 8.02. The van der Waals surface area contributed by atoms with E-state index in [1.54, 1.807) is 29.2 Å². The number of nitrogens with one attached hydrogen (secondary N) is 1. The Morgan fingerprint density at radius 2 is 1.66 bits per heavy atom. The second-order valence-corrected chi connectivity index (χ2v) is 6.95. The summed E-state index contributed by atoms with van der Waals surface area (Å²) in [6.45, 7) is 1.20. The van der Waals surface area contributed by atoms with Gasteiger partial charge in [-0.25, -0.2) is 0 Å². The molecule has 0 aromatic heterocycles. The summed E-state index contributed by atoms with van der Waals surface area (Å²) in [6, 6.07) is 13.9. The van der Waals surface area contributed by atoms with Crippen LogP contribution in [0.3, 0.4) is 0 Å². The molecule has 29 heavy (non-hydrogen) atoms. The SMILES string of the molecule is O=C1c2ccccc2C(=O)N1CC(O)CNc1ccc(N2CCOCC2=O)cc1. The Morgan fingerprint density at radius 1 is 1.00 bits per heavy atom. The normalized spacial score (nSPS) is 17.5. The number of rotatable bonds is 6. The lowest BCUT2D eigenvalue weighted by molar-refractivity contribution is -0.125. The summed E-state index contributed by atoms with van der Waals surface area (Å²) in [4.78, 5) is 39.4. The number of amides is 3. The number of carbonyl (C=O) groups is 3. The summed E-state index contributed by atoms with van der Waals surface area (Å²) >= 11 is 0.